The van der Waals surface area contributed by atoms with E-state index < -0.39 is 5.97 Å². The molecule has 0 atom stereocenters. The van der Waals surface area contributed by atoms with E-state index in [1.54, 1.807) is 0 Å². The minimum atomic E-state index is -0.893. The number of rotatable bonds is 2. The van der Waals surface area contributed by atoms with E-state index >= 15 is 0 Å². The molecule has 0 bridgehead atoms. The van der Waals surface area contributed by atoms with Crippen LogP contribution in [0.1, 0.15) is 32.2 Å². The summed E-state index contributed by atoms with van der Waals surface area (Å²) in [6.07, 6.45) is 0. The van der Waals surface area contributed by atoms with Crippen molar-refractivity contribution in [1.82, 2.24) is 9.38 Å². The first kappa shape index (κ1) is 13.8. The molecule has 1 aromatic carbocycles. The number of hydrogen-bond donors (Lipinski definition) is 1. The highest BCUT2D eigenvalue weighted by Gasteiger charge is 2.20. The summed E-state index contributed by atoms with van der Waals surface area (Å²) in [5.74, 6) is -0.893. The lowest BCUT2D eigenvalue weighted by atomic mass is 10.0. The van der Waals surface area contributed by atoms with E-state index in [1.165, 1.54) is 22.5 Å². The zero-order chi connectivity index (χ0) is 15.3. The van der Waals surface area contributed by atoms with Crippen LogP contribution in [0.5, 0.6) is 0 Å². The molecule has 0 amide bonds. The van der Waals surface area contributed by atoms with Gasteiger partial charge in [0.25, 0.3) is 0 Å². The Morgan fingerprint density at radius 3 is 2.43 bits per heavy atom. The summed E-state index contributed by atoms with van der Waals surface area (Å²) in [4.78, 5) is 16.9. The Morgan fingerprint density at radius 2 is 1.86 bits per heavy atom. The Labute approximate surface area is 126 Å². The number of carbonyl (C=O) groups is 1. The van der Waals surface area contributed by atoms with Crippen LogP contribution in [0, 0.1) is 27.7 Å². The van der Waals surface area contributed by atoms with Crippen LogP contribution in [-0.4, -0.2) is 20.5 Å². The average molecular weight is 300 g/mol. The molecule has 21 heavy (non-hydrogen) atoms. The van der Waals surface area contributed by atoms with Crippen molar-refractivity contribution in [3.8, 4) is 11.3 Å². The molecule has 108 valence electrons. The molecule has 1 N–H and O–H groups in total. The molecule has 2 heterocycles. The van der Waals surface area contributed by atoms with Crippen molar-refractivity contribution in [2.45, 2.75) is 27.7 Å². The van der Waals surface area contributed by atoms with Crippen molar-refractivity contribution < 1.29 is 9.90 Å². The number of aryl methyl sites for hydroxylation is 4. The maximum absolute atomic E-state index is 11.2. The van der Waals surface area contributed by atoms with Crippen molar-refractivity contribution in [3.05, 3.63) is 45.6 Å². The van der Waals surface area contributed by atoms with E-state index in [0.29, 0.717) is 4.88 Å². The van der Waals surface area contributed by atoms with Crippen LogP contribution in [0.3, 0.4) is 0 Å². The van der Waals surface area contributed by atoms with Crippen LogP contribution in [0.15, 0.2) is 18.2 Å². The summed E-state index contributed by atoms with van der Waals surface area (Å²) in [6, 6.07) is 6.28. The zero-order valence-electron chi connectivity index (χ0n) is 12.4. The predicted octanol–water partition coefficient (Wildman–Crippen LogP) is 3.99. The van der Waals surface area contributed by atoms with E-state index in [0.717, 1.165) is 27.6 Å². The molecule has 0 saturated carbocycles. The van der Waals surface area contributed by atoms with Crippen molar-refractivity contribution >= 4 is 22.3 Å². The largest absolute Gasteiger partial charge is 0.477 e. The number of nitrogens with zero attached hydrogens (tertiary/aromatic N) is 2. The van der Waals surface area contributed by atoms with E-state index in [9.17, 15) is 9.90 Å². The Balaban J connectivity index is 2.23. The Morgan fingerprint density at radius 1 is 1.14 bits per heavy atom. The number of fused-ring (bicyclic) bond motifs is 1. The van der Waals surface area contributed by atoms with Gasteiger partial charge in [-0.2, -0.15) is 0 Å². The fourth-order valence-corrected chi connectivity index (χ4v) is 3.58. The van der Waals surface area contributed by atoms with Gasteiger partial charge in [0.15, 0.2) is 4.96 Å². The summed E-state index contributed by atoms with van der Waals surface area (Å²) in [7, 11) is 0. The number of aromatic carboxylic acids is 1. The predicted molar refractivity (Wildman–Crippen MR) is 84.4 cm³/mol. The van der Waals surface area contributed by atoms with Gasteiger partial charge in [0.2, 0.25) is 0 Å². The number of aromatic nitrogens is 2. The van der Waals surface area contributed by atoms with Crippen LogP contribution < -0.4 is 0 Å². The van der Waals surface area contributed by atoms with Gasteiger partial charge in [-0.05, 0) is 44.9 Å². The van der Waals surface area contributed by atoms with Crippen LogP contribution in [0.2, 0.25) is 0 Å². The first-order valence-corrected chi connectivity index (χ1v) is 7.51. The second kappa shape index (κ2) is 4.70. The highest BCUT2D eigenvalue weighted by Crippen LogP contribution is 2.31. The van der Waals surface area contributed by atoms with Gasteiger partial charge in [-0.15, -0.1) is 0 Å². The third-order valence-electron chi connectivity index (χ3n) is 3.91. The summed E-state index contributed by atoms with van der Waals surface area (Å²) in [6.45, 7) is 7.98. The molecule has 0 aliphatic heterocycles. The molecule has 3 aromatic rings. The van der Waals surface area contributed by atoms with Gasteiger partial charge in [-0.25, -0.2) is 9.78 Å². The number of thiazole rings is 1. The van der Waals surface area contributed by atoms with Crippen molar-refractivity contribution in [3.63, 3.8) is 0 Å². The first-order chi connectivity index (χ1) is 9.90. The zero-order valence-corrected chi connectivity index (χ0v) is 13.2. The fraction of sp³-hybridized carbons (Fsp3) is 0.250. The lowest BCUT2D eigenvalue weighted by Crippen LogP contribution is -1.98. The SMILES string of the molecule is Cc1ccc(-c2nc3sc(C(=O)O)c(C)n3c2C)cc1C. The van der Waals surface area contributed by atoms with Crippen LogP contribution in [0.4, 0.5) is 0 Å². The van der Waals surface area contributed by atoms with Gasteiger partial charge >= 0.3 is 5.97 Å². The minimum absolute atomic E-state index is 0.354. The summed E-state index contributed by atoms with van der Waals surface area (Å²) in [5.41, 5.74) is 6.19. The monoisotopic (exact) mass is 300 g/mol. The molecule has 2 aromatic heterocycles. The van der Waals surface area contributed by atoms with Crippen LogP contribution in [0.25, 0.3) is 16.2 Å². The number of carboxylic acids is 1. The minimum Gasteiger partial charge on any atom is -0.477 e. The van der Waals surface area contributed by atoms with E-state index in [2.05, 4.69) is 37.0 Å². The maximum Gasteiger partial charge on any atom is 0.347 e. The molecule has 3 rings (SSSR count). The molecule has 4 nitrogen and oxygen atoms in total. The molecule has 0 saturated heterocycles. The topological polar surface area (TPSA) is 54.6 Å². The average Bonchev–Trinajstić information content (AvgIpc) is 2.92. The van der Waals surface area contributed by atoms with Crippen molar-refractivity contribution in [2.75, 3.05) is 0 Å². The highest BCUT2D eigenvalue weighted by molar-refractivity contribution is 7.19. The van der Waals surface area contributed by atoms with Gasteiger partial charge in [0, 0.05) is 17.0 Å². The van der Waals surface area contributed by atoms with Gasteiger partial charge in [-0.1, -0.05) is 23.5 Å². The highest BCUT2D eigenvalue weighted by atomic mass is 32.1. The lowest BCUT2D eigenvalue weighted by molar-refractivity contribution is 0.0701. The number of benzene rings is 1. The number of imidazole rings is 1. The number of carboxylic acid groups (broad SMARTS) is 1. The quantitative estimate of drug-likeness (QED) is 0.778. The second-order valence-electron chi connectivity index (χ2n) is 5.28. The van der Waals surface area contributed by atoms with Gasteiger partial charge < -0.3 is 5.11 Å². The first-order valence-electron chi connectivity index (χ1n) is 6.69. The van der Waals surface area contributed by atoms with Gasteiger partial charge in [0.05, 0.1) is 5.69 Å². The van der Waals surface area contributed by atoms with Crippen LogP contribution >= 0.6 is 11.3 Å². The van der Waals surface area contributed by atoms with Crippen molar-refractivity contribution in [1.29, 1.82) is 0 Å². The molecule has 0 spiro atoms. The van der Waals surface area contributed by atoms with E-state index in [1.807, 2.05) is 18.2 Å². The molecule has 0 unspecified atom stereocenters. The number of hydrogen-bond acceptors (Lipinski definition) is 3. The molecule has 5 heteroatoms. The Bertz CT molecular complexity index is 874. The Kier molecular flexibility index (Phi) is 3.10. The fourth-order valence-electron chi connectivity index (χ4n) is 2.57. The van der Waals surface area contributed by atoms with Gasteiger partial charge in [0.1, 0.15) is 4.88 Å². The van der Waals surface area contributed by atoms with Crippen molar-refractivity contribution in [2.24, 2.45) is 0 Å². The maximum atomic E-state index is 11.2. The molecular weight excluding hydrogens is 284 g/mol. The third kappa shape index (κ3) is 2.05. The summed E-state index contributed by atoms with van der Waals surface area (Å²) >= 11 is 1.22. The second-order valence-corrected chi connectivity index (χ2v) is 6.26. The summed E-state index contributed by atoms with van der Waals surface area (Å²) in [5, 5.41) is 9.20. The lowest BCUT2D eigenvalue weighted by Gasteiger charge is -2.04. The molecule has 0 radical (unpaired) electrons. The molecule has 0 aliphatic rings. The Hall–Kier alpha value is -2.14. The summed E-state index contributed by atoms with van der Waals surface area (Å²) < 4.78 is 1.93. The van der Waals surface area contributed by atoms with Crippen LogP contribution in [-0.2, 0) is 0 Å². The third-order valence-corrected chi connectivity index (χ3v) is 5.04. The molecule has 0 aliphatic carbocycles. The van der Waals surface area contributed by atoms with Gasteiger partial charge in [-0.3, -0.25) is 4.40 Å². The standard InChI is InChI=1S/C16H16N2O2S/c1-8-5-6-12(7-9(8)2)13-10(3)18-11(4)14(15(19)20)21-16(18)17-13/h5-7H,1-4H3,(H,19,20). The van der Waals surface area contributed by atoms with E-state index in [-0.39, 0.29) is 0 Å². The van der Waals surface area contributed by atoms with E-state index in [4.69, 9.17) is 0 Å². The smallest absolute Gasteiger partial charge is 0.347 e. The molecular formula is C16H16N2O2S. The normalized spacial score (nSPS) is 11.2. The molecule has 0 fully saturated rings.